The Morgan fingerprint density at radius 2 is 1.93 bits per heavy atom. The van der Waals surface area contributed by atoms with Crippen LogP contribution in [0.4, 0.5) is 5.69 Å². The van der Waals surface area contributed by atoms with E-state index in [0.29, 0.717) is 22.3 Å². The Morgan fingerprint density at radius 3 is 2.64 bits per heavy atom. The molecule has 0 spiro atoms. The van der Waals surface area contributed by atoms with Gasteiger partial charge in [0.15, 0.2) is 0 Å². The first-order chi connectivity index (χ1) is 13.4. The predicted molar refractivity (Wildman–Crippen MR) is 109 cm³/mol. The molecule has 2 aromatic rings. The number of anilines is 1. The standard InChI is InChI=1S/C21H21Cl2NO4/c1-3-27-19(25)11-10-18-21(26)24(2)17-9-8-13(22)12-15(17)20(28-18)14-6-4-5-7-16(14)23/h4-9,12,18,20H,3,10-11H2,1-2H3. The number of carbonyl (C=O) groups excluding carboxylic acids is 2. The topological polar surface area (TPSA) is 55.8 Å². The third-order valence-corrected chi connectivity index (χ3v) is 5.22. The van der Waals surface area contributed by atoms with Crippen LogP contribution >= 0.6 is 23.2 Å². The van der Waals surface area contributed by atoms with Gasteiger partial charge < -0.3 is 14.4 Å². The molecule has 3 rings (SSSR count). The first-order valence-electron chi connectivity index (χ1n) is 9.05. The van der Waals surface area contributed by atoms with E-state index in [9.17, 15) is 9.59 Å². The van der Waals surface area contributed by atoms with E-state index >= 15 is 0 Å². The number of hydrogen-bond donors (Lipinski definition) is 0. The van der Waals surface area contributed by atoms with Crippen LogP contribution in [-0.2, 0) is 19.1 Å². The Labute approximate surface area is 174 Å². The molecule has 0 N–H and O–H groups in total. The molecule has 1 amide bonds. The Kier molecular flexibility index (Phi) is 6.60. The van der Waals surface area contributed by atoms with Gasteiger partial charge in [-0.3, -0.25) is 9.59 Å². The lowest BCUT2D eigenvalue weighted by atomic mass is 9.99. The maximum Gasteiger partial charge on any atom is 0.305 e. The Bertz CT molecular complexity index is 886. The highest BCUT2D eigenvalue weighted by Crippen LogP contribution is 2.41. The van der Waals surface area contributed by atoms with Crippen molar-refractivity contribution in [1.82, 2.24) is 0 Å². The molecule has 2 aromatic carbocycles. The molecule has 0 saturated heterocycles. The van der Waals surface area contributed by atoms with Gasteiger partial charge in [-0.2, -0.15) is 0 Å². The lowest BCUT2D eigenvalue weighted by Gasteiger charge is -2.22. The van der Waals surface area contributed by atoms with Gasteiger partial charge >= 0.3 is 5.97 Å². The molecule has 0 saturated carbocycles. The van der Waals surface area contributed by atoms with Crippen molar-refractivity contribution >= 4 is 40.8 Å². The molecule has 0 aliphatic carbocycles. The molecule has 0 fully saturated rings. The summed E-state index contributed by atoms with van der Waals surface area (Å²) in [7, 11) is 1.69. The van der Waals surface area contributed by atoms with Crippen LogP contribution in [0.15, 0.2) is 42.5 Å². The van der Waals surface area contributed by atoms with Gasteiger partial charge in [-0.25, -0.2) is 0 Å². The van der Waals surface area contributed by atoms with Crippen LogP contribution in [0.3, 0.4) is 0 Å². The average molecular weight is 422 g/mol. The van der Waals surface area contributed by atoms with Crippen molar-refractivity contribution in [3.8, 4) is 0 Å². The number of rotatable bonds is 5. The number of likely N-dealkylation sites (N-methyl/N-ethyl adjacent to an activating group) is 1. The molecule has 1 heterocycles. The molecule has 2 atom stereocenters. The molecule has 7 heteroatoms. The summed E-state index contributed by atoms with van der Waals surface area (Å²) in [6.07, 6.45) is -1.11. The SMILES string of the molecule is CCOC(=O)CCC1OC(c2ccccc2Cl)c2cc(Cl)ccc2N(C)C1=O. The largest absolute Gasteiger partial charge is 0.466 e. The second-order valence-corrected chi connectivity index (χ2v) is 7.31. The summed E-state index contributed by atoms with van der Waals surface area (Å²) in [5.41, 5.74) is 2.17. The zero-order valence-electron chi connectivity index (χ0n) is 15.7. The molecular formula is C21H21Cl2NO4. The van der Waals surface area contributed by atoms with Crippen LogP contribution in [0.2, 0.25) is 10.0 Å². The number of amides is 1. The van der Waals surface area contributed by atoms with E-state index in [2.05, 4.69) is 0 Å². The first-order valence-corrected chi connectivity index (χ1v) is 9.80. The maximum atomic E-state index is 13.0. The zero-order chi connectivity index (χ0) is 20.3. The second kappa shape index (κ2) is 8.95. The molecule has 2 unspecified atom stereocenters. The fraction of sp³-hybridized carbons (Fsp3) is 0.333. The Morgan fingerprint density at radius 1 is 1.18 bits per heavy atom. The third kappa shape index (κ3) is 4.32. The Hall–Kier alpha value is -2.08. The summed E-state index contributed by atoms with van der Waals surface area (Å²) in [5.74, 6) is -0.594. The van der Waals surface area contributed by atoms with Gasteiger partial charge in [0.05, 0.1) is 6.61 Å². The maximum absolute atomic E-state index is 13.0. The van der Waals surface area contributed by atoms with Crippen molar-refractivity contribution in [1.29, 1.82) is 0 Å². The minimum atomic E-state index is -0.818. The smallest absolute Gasteiger partial charge is 0.305 e. The van der Waals surface area contributed by atoms with E-state index in [4.69, 9.17) is 32.7 Å². The van der Waals surface area contributed by atoms with Gasteiger partial charge in [0.25, 0.3) is 5.91 Å². The highest BCUT2D eigenvalue weighted by Gasteiger charge is 2.35. The number of fused-ring (bicyclic) bond motifs is 1. The molecule has 148 valence electrons. The molecule has 28 heavy (non-hydrogen) atoms. The monoisotopic (exact) mass is 421 g/mol. The highest BCUT2D eigenvalue weighted by molar-refractivity contribution is 6.31. The predicted octanol–water partition coefficient (Wildman–Crippen LogP) is 4.79. The average Bonchev–Trinajstić information content (AvgIpc) is 2.77. The van der Waals surface area contributed by atoms with Gasteiger partial charge in [0.2, 0.25) is 0 Å². The van der Waals surface area contributed by atoms with E-state index in [0.717, 1.165) is 11.1 Å². The van der Waals surface area contributed by atoms with Crippen molar-refractivity contribution in [2.75, 3.05) is 18.6 Å². The minimum absolute atomic E-state index is 0.0877. The Balaban J connectivity index is 2.01. The van der Waals surface area contributed by atoms with E-state index in [1.165, 1.54) is 0 Å². The molecular weight excluding hydrogens is 401 g/mol. The minimum Gasteiger partial charge on any atom is -0.466 e. The number of halogens is 2. The molecule has 0 bridgehead atoms. The zero-order valence-corrected chi connectivity index (χ0v) is 17.2. The third-order valence-electron chi connectivity index (χ3n) is 4.64. The summed E-state index contributed by atoms with van der Waals surface area (Å²) in [6.45, 7) is 2.04. The van der Waals surface area contributed by atoms with Crippen molar-refractivity contribution in [3.05, 3.63) is 63.6 Å². The van der Waals surface area contributed by atoms with Crippen molar-refractivity contribution < 1.29 is 19.1 Å². The summed E-state index contributed by atoms with van der Waals surface area (Å²) >= 11 is 12.6. The van der Waals surface area contributed by atoms with Crippen LogP contribution in [0.5, 0.6) is 0 Å². The number of ether oxygens (including phenoxy) is 2. The van der Waals surface area contributed by atoms with Crippen LogP contribution in [0.1, 0.15) is 37.0 Å². The van der Waals surface area contributed by atoms with Crippen LogP contribution in [0.25, 0.3) is 0 Å². The van der Waals surface area contributed by atoms with Gasteiger partial charge in [-0.1, -0.05) is 41.4 Å². The molecule has 1 aliphatic rings. The van der Waals surface area contributed by atoms with Crippen LogP contribution < -0.4 is 4.90 Å². The van der Waals surface area contributed by atoms with E-state index in [1.54, 1.807) is 43.1 Å². The lowest BCUT2D eigenvalue weighted by Crippen LogP contribution is -2.37. The summed E-state index contributed by atoms with van der Waals surface area (Å²) in [4.78, 5) is 26.3. The molecule has 0 aromatic heterocycles. The van der Waals surface area contributed by atoms with E-state index in [1.807, 2.05) is 18.2 Å². The van der Waals surface area contributed by atoms with Crippen LogP contribution in [-0.4, -0.2) is 31.6 Å². The summed E-state index contributed by atoms with van der Waals surface area (Å²) in [5, 5.41) is 1.06. The molecule has 0 radical (unpaired) electrons. The lowest BCUT2D eigenvalue weighted by molar-refractivity contribution is -0.145. The van der Waals surface area contributed by atoms with Crippen molar-refractivity contribution in [2.24, 2.45) is 0 Å². The van der Waals surface area contributed by atoms with E-state index < -0.39 is 12.2 Å². The van der Waals surface area contributed by atoms with Crippen molar-refractivity contribution in [3.63, 3.8) is 0 Å². The quantitative estimate of drug-likeness (QED) is 0.651. The number of nitrogens with zero attached hydrogens (tertiary/aromatic N) is 1. The number of benzene rings is 2. The first kappa shape index (κ1) is 20.6. The van der Waals surface area contributed by atoms with Gasteiger partial charge in [0, 0.05) is 40.3 Å². The van der Waals surface area contributed by atoms with Crippen molar-refractivity contribution in [2.45, 2.75) is 32.0 Å². The number of hydrogen-bond acceptors (Lipinski definition) is 4. The molecule has 1 aliphatic heterocycles. The molecule has 5 nitrogen and oxygen atoms in total. The van der Waals surface area contributed by atoms with Gasteiger partial charge in [-0.15, -0.1) is 0 Å². The highest BCUT2D eigenvalue weighted by atomic mass is 35.5. The number of carbonyl (C=O) groups is 2. The van der Waals surface area contributed by atoms with Crippen LogP contribution in [0, 0.1) is 0 Å². The van der Waals surface area contributed by atoms with E-state index in [-0.39, 0.29) is 24.7 Å². The van der Waals surface area contributed by atoms with Gasteiger partial charge in [-0.05, 0) is 37.6 Å². The number of esters is 1. The second-order valence-electron chi connectivity index (χ2n) is 6.47. The van der Waals surface area contributed by atoms with Gasteiger partial charge in [0.1, 0.15) is 12.2 Å². The summed E-state index contributed by atoms with van der Waals surface area (Å²) < 4.78 is 11.2. The normalized spacial score (nSPS) is 19.1. The fourth-order valence-electron chi connectivity index (χ4n) is 3.27. The summed E-state index contributed by atoms with van der Waals surface area (Å²) in [6, 6.07) is 12.6. The fourth-order valence-corrected chi connectivity index (χ4v) is 3.69.